The second-order valence-corrected chi connectivity index (χ2v) is 82.0. The zero-order valence-corrected chi connectivity index (χ0v) is 89.5. The van der Waals surface area contributed by atoms with E-state index in [1.54, 1.807) is 0 Å². The van der Waals surface area contributed by atoms with Crippen molar-refractivity contribution in [3.05, 3.63) is 21.3 Å². The molecular weight excluding hydrogens is 1830 g/mol. The van der Waals surface area contributed by atoms with Crippen molar-refractivity contribution in [3.8, 4) is 0 Å². The summed E-state index contributed by atoms with van der Waals surface area (Å²) in [7, 11) is -11.9. The van der Waals surface area contributed by atoms with Gasteiger partial charge in [-0.05, 0) is 177 Å². The molecule has 10 fully saturated rings. The number of hydrogen-bond acceptors (Lipinski definition) is 8. The number of hydrogen-bond donors (Lipinski definition) is 0. The van der Waals surface area contributed by atoms with Gasteiger partial charge in [0, 0.05) is 50.3 Å². The van der Waals surface area contributed by atoms with Crippen molar-refractivity contribution in [2.75, 3.05) is 26.4 Å². The van der Waals surface area contributed by atoms with E-state index in [4.69, 9.17) is 50.7 Å². The SMILES string of the molecule is C1CCOC1.C1CCOC1.C[Si](C)(C)N(C(=NC1CCCCC1)[N-]C1CCCCC1)[Si](C)(C)C.C[Si](C)(C)N(C(=NC1CCCCC1)[N-]C1CCCCC1)[Si](C)(C)C.C[Si](C)(C)N(C(=NC1CCCCC1)[N-]C1CCCCC1)[Si](C)(C)C.C[Si](C)(C)N(C(=NC1CCCCC1)[N-]C1CCCCC1)[Si](C)(C)C.[Er+3].[Er+3].[S-][S-]. The topological polar surface area (TPSA) is 137 Å². The fourth-order valence-electron chi connectivity index (χ4n) is 19.0. The van der Waals surface area contributed by atoms with Gasteiger partial charge in [0.15, 0.2) is 0 Å². The van der Waals surface area contributed by atoms with Crippen LogP contribution in [0.25, 0.3) is 21.3 Å². The van der Waals surface area contributed by atoms with Gasteiger partial charge in [0.2, 0.25) is 0 Å². The molecular formula is C84H176Er2N12O2S2Si8. The first-order valence-electron chi connectivity index (χ1n) is 45.4. The van der Waals surface area contributed by atoms with Gasteiger partial charge in [-0.15, -0.1) is 0 Å². The van der Waals surface area contributed by atoms with Crippen LogP contribution in [-0.2, 0) is 32.8 Å². The molecule has 0 atom stereocenters. The van der Waals surface area contributed by atoms with Crippen LogP contribution in [0.5, 0.6) is 0 Å². The maximum Gasteiger partial charge on any atom is 3.00 e. The summed E-state index contributed by atoms with van der Waals surface area (Å²) in [5.74, 6) is 4.64. The molecule has 26 heteroatoms. The molecule has 2 saturated heterocycles. The molecule has 2 radical (unpaired) electrons. The Morgan fingerprint density at radius 2 is 0.345 bits per heavy atom. The largest absolute Gasteiger partial charge is 3.00 e. The van der Waals surface area contributed by atoms with E-state index in [0.717, 1.165) is 50.3 Å². The molecule has 0 amide bonds. The molecule has 0 N–H and O–H groups in total. The summed E-state index contributed by atoms with van der Waals surface area (Å²) in [4.78, 5) is 21.2. The fraction of sp³-hybridized carbons (Fsp3) is 0.952. The third kappa shape index (κ3) is 44.1. The Kier molecular flexibility index (Phi) is 54.1. The van der Waals surface area contributed by atoms with E-state index in [-0.39, 0.29) is 74.6 Å². The Morgan fingerprint density at radius 1 is 0.218 bits per heavy atom. The van der Waals surface area contributed by atoms with Gasteiger partial charge in [-0.1, -0.05) is 311 Å². The van der Waals surface area contributed by atoms with E-state index >= 15 is 0 Å². The molecule has 110 heavy (non-hydrogen) atoms. The van der Waals surface area contributed by atoms with Crippen LogP contribution in [0.1, 0.15) is 283 Å². The Bertz CT molecular complexity index is 2100. The van der Waals surface area contributed by atoms with Crippen molar-refractivity contribution >= 4 is 113 Å². The Labute approximate surface area is 761 Å². The van der Waals surface area contributed by atoms with E-state index in [2.05, 4.69) is 197 Å². The number of aliphatic imine (C=N–C) groups is 4. The fourth-order valence-corrected chi connectivity index (χ4v) is 57.0. The maximum absolute atomic E-state index is 5.31. The van der Waals surface area contributed by atoms with E-state index < -0.39 is 65.9 Å². The predicted octanol–water partition coefficient (Wildman–Crippen LogP) is 27.0. The summed E-state index contributed by atoms with van der Waals surface area (Å²) >= 11 is 7.33. The quantitative estimate of drug-likeness (QED) is 0.0490. The first-order chi connectivity index (χ1) is 50.7. The molecule has 14 nitrogen and oxygen atoms in total. The number of nitrogens with zero attached hydrogens (tertiary/aromatic N) is 12. The zero-order chi connectivity index (χ0) is 80.2. The van der Waals surface area contributed by atoms with Crippen LogP contribution in [-0.4, -0.2) is 181 Å². The van der Waals surface area contributed by atoms with Gasteiger partial charge in [-0.25, -0.2) is 0 Å². The van der Waals surface area contributed by atoms with Gasteiger partial charge >= 0.3 is 74.6 Å². The molecule has 0 spiro atoms. The van der Waals surface area contributed by atoms with Crippen molar-refractivity contribution in [1.82, 2.24) is 16.9 Å². The summed E-state index contributed by atoms with van der Waals surface area (Å²) in [6.07, 6.45) is 58.3. The van der Waals surface area contributed by atoms with Gasteiger partial charge in [-0.3, -0.25) is 0 Å². The van der Waals surface area contributed by atoms with Gasteiger partial charge in [-0.2, -0.15) is 0 Å². The van der Waals surface area contributed by atoms with Gasteiger partial charge in [0.1, 0.15) is 0 Å². The van der Waals surface area contributed by atoms with Crippen LogP contribution in [0.2, 0.25) is 157 Å². The Hall–Kier alpha value is 1.93. The molecule has 0 aromatic heterocycles. The first-order valence-corrected chi connectivity index (χ1v) is 74.3. The van der Waals surface area contributed by atoms with Crippen molar-refractivity contribution in [3.63, 3.8) is 0 Å². The van der Waals surface area contributed by atoms with Gasteiger partial charge in [0.05, 0.1) is 65.9 Å². The monoisotopic (exact) mass is 2010 g/mol. The standard InChI is InChI=1S/4C19H40N3Si2.2C4H8O.2Er.S2/c4*1-23(2,3)22(24(4,5)6)19(20-17-13-9-7-10-14-17)21-18-15-11-8-12-16-18;2*1-2-4-5-3-1;;;1-2/h4*17-18H,7-16H2,1-6H3;2*1-4H2;;;/q4*-1;;;2*+3;-2. The number of guanidine groups is 4. The van der Waals surface area contributed by atoms with Crippen LogP contribution >= 0.6 is 0 Å². The van der Waals surface area contributed by atoms with Crippen LogP contribution < -0.4 is 0 Å². The summed E-state index contributed by atoms with van der Waals surface area (Å²) in [5.41, 5.74) is 0. The molecule has 0 bridgehead atoms. The zero-order valence-electron chi connectivity index (χ0n) is 76.1. The van der Waals surface area contributed by atoms with E-state index in [9.17, 15) is 0 Å². The van der Waals surface area contributed by atoms with Gasteiger partial charge in [0.25, 0.3) is 0 Å². The summed E-state index contributed by atoms with van der Waals surface area (Å²) in [6.45, 7) is 63.3. The van der Waals surface area contributed by atoms with E-state index in [1.165, 1.54) is 283 Å². The minimum Gasteiger partial charge on any atom is -1.00 e. The molecule has 10 aliphatic rings. The molecule has 0 aromatic rings. The molecule has 2 heterocycles. The normalized spacial score (nSPS) is 21.9. The van der Waals surface area contributed by atoms with Crippen LogP contribution in [0, 0.1) is 74.6 Å². The molecule has 652 valence electrons. The second-order valence-electron chi connectivity index (χ2n) is 41.9. The summed E-state index contributed by atoms with van der Waals surface area (Å²) in [6, 6.07) is 4.19. The van der Waals surface area contributed by atoms with Crippen molar-refractivity contribution in [1.29, 1.82) is 0 Å². The molecule has 0 aromatic carbocycles. The minimum absolute atomic E-state index is 0. The van der Waals surface area contributed by atoms with Crippen LogP contribution in [0.4, 0.5) is 0 Å². The van der Waals surface area contributed by atoms with Crippen molar-refractivity contribution in [2.45, 2.75) is 488 Å². The summed E-state index contributed by atoms with van der Waals surface area (Å²) < 4.78 is 20.9. The van der Waals surface area contributed by atoms with Gasteiger partial charge < -0.3 is 91.0 Å². The molecule has 2 aliphatic heterocycles. The first kappa shape index (κ1) is 108. The molecule has 8 saturated carbocycles. The number of rotatable bonds is 16. The van der Waals surface area contributed by atoms with Crippen LogP contribution in [0.15, 0.2) is 20.0 Å². The molecule has 8 aliphatic carbocycles. The van der Waals surface area contributed by atoms with Crippen molar-refractivity contribution in [2.24, 2.45) is 20.0 Å². The van der Waals surface area contributed by atoms with E-state index in [0.29, 0.717) is 48.3 Å². The average Bonchev–Trinajstić information content (AvgIpc) is 0.821. The average molecular weight is 2010 g/mol. The number of ether oxygens (including phenoxy) is 2. The second kappa shape index (κ2) is 55.1. The molecule has 0 unspecified atom stereocenters. The minimum atomic E-state index is -1.48. The third-order valence-corrected chi connectivity index (χ3v) is 51.2. The third-order valence-electron chi connectivity index (χ3n) is 22.8. The predicted molar refractivity (Wildman–Crippen MR) is 507 cm³/mol. The Morgan fingerprint density at radius 3 is 0.455 bits per heavy atom. The maximum atomic E-state index is 5.31. The van der Waals surface area contributed by atoms with E-state index in [1.807, 2.05) is 0 Å². The van der Waals surface area contributed by atoms with Crippen LogP contribution in [0.3, 0.4) is 0 Å². The summed E-state index contributed by atoms with van der Waals surface area (Å²) in [5, 5.41) is 21.2. The molecule has 10 rings (SSSR count). The van der Waals surface area contributed by atoms with Crippen molar-refractivity contribution < 1.29 is 84.1 Å². The smallest absolute Gasteiger partial charge is 1.00 e. The Balaban J connectivity index is 0.000000469.